The smallest absolute Gasteiger partial charge is 0.258 e. The van der Waals surface area contributed by atoms with Crippen LogP contribution in [0.1, 0.15) is 21.6 Å². The average molecular weight is 278 g/mol. The van der Waals surface area contributed by atoms with Crippen LogP contribution < -0.4 is 5.32 Å². The van der Waals surface area contributed by atoms with Crippen LogP contribution in [-0.4, -0.2) is 10.5 Å². The molecule has 0 bridgehead atoms. The van der Waals surface area contributed by atoms with Crippen LogP contribution in [0.15, 0.2) is 48.5 Å². The number of hydrogen-bond donors (Lipinski definition) is 1. The van der Waals surface area contributed by atoms with E-state index < -0.39 is 0 Å². The van der Waals surface area contributed by atoms with Crippen molar-refractivity contribution in [3.05, 3.63) is 65.4 Å². The minimum atomic E-state index is -0.0569. The molecule has 106 valence electrons. The lowest BCUT2D eigenvalue weighted by Gasteiger charge is -2.08. The fourth-order valence-electron chi connectivity index (χ4n) is 2.71. The first kappa shape index (κ1) is 13.4. The predicted molar refractivity (Wildman–Crippen MR) is 86.8 cm³/mol. The number of aryl methyl sites for hydroxylation is 2. The van der Waals surface area contributed by atoms with E-state index in [1.807, 2.05) is 69.4 Å². The van der Waals surface area contributed by atoms with E-state index in [-0.39, 0.29) is 5.91 Å². The van der Waals surface area contributed by atoms with Gasteiger partial charge in [-0.1, -0.05) is 36.4 Å². The van der Waals surface area contributed by atoms with Crippen molar-refractivity contribution in [2.75, 3.05) is 5.32 Å². The number of rotatable bonds is 2. The Balaban J connectivity index is 2.07. The van der Waals surface area contributed by atoms with Gasteiger partial charge in [-0.3, -0.25) is 4.79 Å². The summed E-state index contributed by atoms with van der Waals surface area (Å²) in [7, 11) is 1.99. The summed E-state index contributed by atoms with van der Waals surface area (Å²) < 4.78 is 2.06. The Morgan fingerprint density at radius 1 is 1.00 bits per heavy atom. The third-order valence-corrected chi connectivity index (χ3v) is 4.02. The van der Waals surface area contributed by atoms with Gasteiger partial charge in [-0.15, -0.1) is 0 Å². The van der Waals surface area contributed by atoms with Gasteiger partial charge in [0.05, 0.1) is 5.56 Å². The molecule has 0 spiro atoms. The van der Waals surface area contributed by atoms with Crippen molar-refractivity contribution in [3.63, 3.8) is 0 Å². The molecule has 0 radical (unpaired) electrons. The zero-order valence-electron chi connectivity index (χ0n) is 12.5. The number of amides is 1. The Morgan fingerprint density at radius 2 is 1.67 bits per heavy atom. The second-order valence-corrected chi connectivity index (χ2v) is 5.31. The summed E-state index contributed by atoms with van der Waals surface area (Å²) in [6.45, 7) is 3.97. The fraction of sp³-hybridized carbons (Fsp3) is 0.167. The van der Waals surface area contributed by atoms with Gasteiger partial charge >= 0.3 is 0 Å². The molecule has 2 aromatic carbocycles. The zero-order valence-corrected chi connectivity index (χ0v) is 12.5. The van der Waals surface area contributed by atoms with Crippen LogP contribution in [0.2, 0.25) is 0 Å². The maximum absolute atomic E-state index is 12.7. The van der Waals surface area contributed by atoms with Gasteiger partial charge in [0.25, 0.3) is 5.91 Å². The Labute approximate surface area is 124 Å². The molecule has 0 saturated heterocycles. The highest BCUT2D eigenvalue weighted by Gasteiger charge is 2.18. The third kappa shape index (κ3) is 2.21. The van der Waals surface area contributed by atoms with Gasteiger partial charge in [-0.2, -0.15) is 0 Å². The number of nitrogens with one attached hydrogen (secondary N) is 1. The van der Waals surface area contributed by atoms with E-state index in [1.54, 1.807) is 0 Å². The molecule has 0 fully saturated rings. The lowest BCUT2D eigenvalue weighted by atomic mass is 10.1. The van der Waals surface area contributed by atoms with Crippen molar-refractivity contribution in [2.24, 2.45) is 7.05 Å². The van der Waals surface area contributed by atoms with Gasteiger partial charge in [0.1, 0.15) is 0 Å². The molecule has 3 nitrogen and oxygen atoms in total. The highest BCUT2D eigenvalue weighted by molar-refractivity contribution is 6.14. The van der Waals surface area contributed by atoms with Crippen LogP contribution in [0.4, 0.5) is 5.69 Å². The number of benzene rings is 2. The minimum Gasteiger partial charge on any atom is -0.347 e. The molecule has 0 atom stereocenters. The number of anilines is 1. The second kappa shape index (κ2) is 5.09. The number of hydrogen-bond acceptors (Lipinski definition) is 1. The predicted octanol–water partition coefficient (Wildman–Crippen LogP) is 4.05. The Kier molecular flexibility index (Phi) is 3.26. The molecule has 0 aliphatic carbocycles. The van der Waals surface area contributed by atoms with Gasteiger partial charge in [0.15, 0.2) is 0 Å². The molecule has 3 heteroatoms. The monoisotopic (exact) mass is 278 g/mol. The largest absolute Gasteiger partial charge is 0.347 e. The van der Waals surface area contributed by atoms with Crippen molar-refractivity contribution >= 4 is 22.5 Å². The van der Waals surface area contributed by atoms with E-state index in [4.69, 9.17) is 0 Å². The van der Waals surface area contributed by atoms with Crippen molar-refractivity contribution < 1.29 is 4.79 Å². The summed E-state index contributed by atoms with van der Waals surface area (Å²) in [5.74, 6) is -0.0569. The minimum absolute atomic E-state index is 0.0569. The van der Waals surface area contributed by atoms with Gasteiger partial charge < -0.3 is 9.88 Å². The molecule has 3 aromatic rings. The number of para-hydroxylation sites is 2. The summed E-state index contributed by atoms with van der Waals surface area (Å²) in [6.07, 6.45) is 0. The Bertz CT molecular complexity index is 830. The highest BCUT2D eigenvalue weighted by atomic mass is 16.1. The van der Waals surface area contributed by atoms with E-state index in [9.17, 15) is 4.79 Å². The van der Waals surface area contributed by atoms with Crippen LogP contribution in [0.3, 0.4) is 0 Å². The van der Waals surface area contributed by atoms with Crippen molar-refractivity contribution in [1.29, 1.82) is 0 Å². The first-order valence-electron chi connectivity index (χ1n) is 7.00. The van der Waals surface area contributed by atoms with E-state index in [0.29, 0.717) is 0 Å². The summed E-state index contributed by atoms with van der Waals surface area (Å²) in [6, 6.07) is 15.8. The highest BCUT2D eigenvalue weighted by Crippen LogP contribution is 2.26. The number of fused-ring (bicyclic) bond motifs is 1. The van der Waals surface area contributed by atoms with E-state index in [0.717, 1.165) is 33.4 Å². The van der Waals surface area contributed by atoms with Gasteiger partial charge in [-0.05, 0) is 31.5 Å². The van der Waals surface area contributed by atoms with Crippen molar-refractivity contribution in [1.82, 2.24) is 4.57 Å². The third-order valence-electron chi connectivity index (χ3n) is 4.02. The van der Waals surface area contributed by atoms with Crippen molar-refractivity contribution in [2.45, 2.75) is 13.8 Å². The van der Waals surface area contributed by atoms with E-state index in [1.165, 1.54) is 0 Å². The molecule has 1 amide bonds. The Morgan fingerprint density at radius 3 is 2.43 bits per heavy atom. The molecular formula is C18H18N2O. The fourth-order valence-corrected chi connectivity index (χ4v) is 2.71. The van der Waals surface area contributed by atoms with Crippen LogP contribution in [0.5, 0.6) is 0 Å². The SMILES string of the molecule is Cc1ccccc1NC(=O)c1c(C)n(C)c2ccccc12. The van der Waals surface area contributed by atoms with Gasteiger partial charge in [-0.25, -0.2) is 0 Å². The molecule has 0 unspecified atom stereocenters. The topological polar surface area (TPSA) is 34.0 Å². The summed E-state index contributed by atoms with van der Waals surface area (Å²) in [5.41, 5.74) is 4.71. The maximum Gasteiger partial charge on any atom is 0.258 e. The number of nitrogens with zero attached hydrogens (tertiary/aromatic N) is 1. The molecule has 0 aliphatic rings. The normalized spacial score (nSPS) is 10.8. The summed E-state index contributed by atoms with van der Waals surface area (Å²) in [4.78, 5) is 12.7. The first-order valence-corrected chi connectivity index (χ1v) is 7.00. The van der Waals surface area contributed by atoms with E-state index >= 15 is 0 Å². The lowest BCUT2D eigenvalue weighted by molar-refractivity contribution is 0.102. The number of carbonyl (C=O) groups is 1. The Hall–Kier alpha value is -2.55. The van der Waals surface area contributed by atoms with Crippen LogP contribution >= 0.6 is 0 Å². The number of aromatic nitrogens is 1. The lowest BCUT2D eigenvalue weighted by Crippen LogP contribution is -2.14. The molecule has 0 saturated carbocycles. The molecule has 1 N–H and O–H groups in total. The average Bonchev–Trinajstić information content (AvgIpc) is 2.74. The van der Waals surface area contributed by atoms with Crippen LogP contribution in [0, 0.1) is 13.8 Å². The standard InChI is InChI=1S/C18H18N2O/c1-12-8-4-6-10-15(12)19-18(21)17-13(2)20(3)16-11-7-5-9-14(16)17/h4-11H,1-3H3,(H,19,21). The molecular weight excluding hydrogens is 260 g/mol. The molecule has 1 heterocycles. The van der Waals surface area contributed by atoms with Gasteiger partial charge in [0, 0.05) is 29.3 Å². The van der Waals surface area contributed by atoms with Crippen LogP contribution in [0.25, 0.3) is 10.9 Å². The quantitative estimate of drug-likeness (QED) is 0.754. The summed E-state index contributed by atoms with van der Waals surface area (Å²) >= 11 is 0. The van der Waals surface area contributed by atoms with E-state index in [2.05, 4.69) is 9.88 Å². The number of carbonyl (C=O) groups excluding carboxylic acids is 1. The van der Waals surface area contributed by atoms with Crippen LogP contribution in [-0.2, 0) is 7.05 Å². The van der Waals surface area contributed by atoms with Crippen molar-refractivity contribution in [3.8, 4) is 0 Å². The summed E-state index contributed by atoms with van der Waals surface area (Å²) in [5, 5.41) is 4.01. The second-order valence-electron chi connectivity index (χ2n) is 5.31. The molecule has 21 heavy (non-hydrogen) atoms. The molecule has 3 rings (SSSR count). The maximum atomic E-state index is 12.7. The molecule has 1 aromatic heterocycles. The molecule has 0 aliphatic heterocycles. The van der Waals surface area contributed by atoms with Gasteiger partial charge in [0.2, 0.25) is 0 Å². The first-order chi connectivity index (χ1) is 10.1. The zero-order chi connectivity index (χ0) is 15.0.